The second kappa shape index (κ2) is 9.92. The molecule has 1 aliphatic heterocycles. The highest BCUT2D eigenvalue weighted by molar-refractivity contribution is 7.88. The standard InChI is InChI=1S/C22H24F3N3O4S/c1-26-33(31,32)14-16-7-5-15(6-8-16)11-27-21(30)18-10-20(29)28(13-18)12-17-3-2-4-19(9-17)22(23,24)25/h2-9,18,26H,10-14H2,1H3,(H,27,30). The van der Waals surface area contributed by atoms with Crippen LogP contribution in [0.25, 0.3) is 0 Å². The van der Waals surface area contributed by atoms with Gasteiger partial charge in [-0.05, 0) is 35.9 Å². The van der Waals surface area contributed by atoms with E-state index in [1.54, 1.807) is 24.3 Å². The highest BCUT2D eigenvalue weighted by Gasteiger charge is 2.35. The van der Waals surface area contributed by atoms with E-state index in [4.69, 9.17) is 0 Å². The van der Waals surface area contributed by atoms with E-state index in [0.717, 1.165) is 17.7 Å². The van der Waals surface area contributed by atoms with Gasteiger partial charge in [0.15, 0.2) is 0 Å². The Morgan fingerprint density at radius 1 is 1.09 bits per heavy atom. The Hall–Kier alpha value is -2.92. The lowest BCUT2D eigenvalue weighted by Crippen LogP contribution is -2.32. The third-order valence-corrected chi connectivity index (χ3v) is 6.71. The first-order valence-corrected chi connectivity index (χ1v) is 11.8. The van der Waals surface area contributed by atoms with E-state index < -0.39 is 27.7 Å². The highest BCUT2D eigenvalue weighted by atomic mass is 32.2. The fourth-order valence-corrected chi connectivity index (χ4v) is 4.32. The number of halogens is 3. The molecule has 3 rings (SSSR count). The van der Waals surface area contributed by atoms with Gasteiger partial charge in [0.2, 0.25) is 21.8 Å². The normalized spacial score (nSPS) is 16.8. The maximum Gasteiger partial charge on any atom is 0.416 e. The lowest BCUT2D eigenvalue weighted by Gasteiger charge is -2.17. The summed E-state index contributed by atoms with van der Waals surface area (Å²) in [6.07, 6.45) is -4.47. The van der Waals surface area contributed by atoms with Crippen LogP contribution in [0.15, 0.2) is 48.5 Å². The number of rotatable bonds is 8. The van der Waals surface area contributed by atoms with Gasteiger partial charge in [0, 0.05) is 26.1 Å². The molecule has 1 saturated heterocycles. The van der Waals surface area contributed by atoms with E-state index in [1.807, 2.05) is 0 Å². The smallest absolute Gasteiger partial charge is 0.352 e. The summed E-state index contributed by atoms with van der Waals surface area (Å²) in [7, 11) is -2.04. The van der Waals surface area contributed by atoms with Crippen molar-refractivity contribution < 1.29 is 31.2 Å². The number of amides is 2. The first-order chi connectivity index (χ1) is 15.5. The summed E-state index contributed by atoms with van der Waals surface area (Å²) < 4.78 is 64.1. The molecule has 11 heteroatoms. The number of benzene rings is 2. The second-order valence-electron chi connectivity index (χ2n) is 7.87. The van der Waals surface area contributed by atoms with Crippen LogP contribution in [-0.4, -0.2) is 38.7 Å². The van der Waals surface area contributed by atoms with E-state index in [0.29, 0.717) is 11.1 Å². The summed E-state index contributed by atoms with van der Waals surface area (Å²) in [4.78, 5) is 26.2. The summed E-state index contributed by atoms with van der Waals surface area (Å²) in [5.41, 5.74) is 0.931. The summed E-state index contributed by atoms with van der Waals surface area (Å²) in [6, 6.07) is 11.5. The molecule has 0 aromatic heterocycles. The fraction of sp³-hybridized carbons (Fsp3) is 0.364. The molecule has 2 aromatic carbocycles. The zero-order valence-corrected chi connectivity index (χ0v) is 18.7. The minimum atomic E-state index is -4.47. The van der Waals surface area contributed by atoms with Gasteiger partial charge < -0.3 is 10.2 Å². The number of sulfonamides is 1. The fourth-order valence-electron chi connectivity index (χ4n) is 3.55. The summed E-state index contributed by atoms with van der Waals surface area (Å²) in [5.74, 6) is -1.36. The number of hydrogen-bond acceptors (Lipinski definition) is 4. The first kappa shape index (κ1) is 24.7. The summed E-state index contributed by atoms with van der Waals surface area (Å²) in [6.45, 7) is 0.335. The number of nitrogens with one attached hydrogen (secondary N) is 2. The number of nitrogens with zero attached hydrogens (tertiary/aromatic N) is 1. The molecule has 0 spiro atoms. The molecule has 0 aliphatic carbocycles. The topological polar surface area (TPSA) is 95.6 Å². The van der Waals surface area contributed by atoms with Crippen molar-refractivity contribution >= 4 is 21.8 Å². The lowest BCUT2D eigenvalue weighted by molar-refractivity contribution is -0.137. The Morgan fingerprint density at radius 2 is 1.76 bits per heavy atom. The largest absolute Gasteiger partial charge is 0.416 e. The van der Waals surface area contributed by atoms with Gasteiger partial charge in [-0.15, -0.1) is 0 Å². The molecule has 178 valence electrons. The van der Waals surface area contributed by atoms with Crippen LogP contribution in [-0.2, 0) is 44.6 Å². The van der Waals surface area contributed by atoms with Crippen molar-refractivity contribution in [1.29, 1.82) is 0 Å². The molecule has 7 nitrogen and oxygen atoms in total. The number of carbonyl (C=O) groups excluding carboxylic acids is 2. The Bertz CT molecular complexity index is 1120. The van der Waals surface area contributed by atoms with Gasteiger partial charge in [0.25, 0.3) is 0 Å². The Kier molecular flexibility index (Phi) is 7.43. The molecule has 2 N–H and O–H groups in total. The molecule has 0 radical (unpaired) electrons. The highest BCUT2D eigenvalue weighted by Crippen LogP contribution is 2.30. The maximum atomic E-state index is 12.9. The van der Waals surface area contributed by atoms with Crippen molar-refractivity contribution in [3.63, 3.8) is 0 Å². The summed E-state index contributed by atoms with van der Waals surface area (Å²) >= 11 is 0. The quantitative estimate of drug-likeness (QED) is 0.603. The third-order valence-electron chi connectivity index (χ3n) is 5.37. The molecule has 1 heterocycles. The molecule has 0 bridgehead atoms. The van der Waals surface area contributed by atoms with Crippen LogP contribution in [0.4, 0.5) is 13.2 Å². The molecule has 2 amide bonds. The lowest BCUT2D eigenvalue weighted by atomic mass is 10.1. The van der Waals surface area contributed by atoms with Crippen LogP contribution in [0.1, 0.15) is 28.7 Å². The predicted octanol–water partition coefficient (Wildman–Crippen LogP) is 2.42. The van der Waals surface area contributed by atoms with E-state index >= 15 is 0 Å². The van der Waals surface area contributed by atoms with Crippen molar-refractivity contribution in [2.24, 2.45) is 5.92 Å². The number of likely N-dealkylation sites (tertiary alicyclic amines) is 1. The molecule has 33 heavy (non-hydrogen) atoms. The average molecular weight is 484 g/mol. The van der Waals surface area contributed by atoms with E-state index in [-0.39, 0.29) is 43.6 Å². The number of carbonyl (C=O) groups is 2. The SMILES string of the molecule is CNS(=O)(=O)Cc1ccc(CNC(=O)C2CC(=O)N(Cc3cccc(C(F)(F)F)c3)C2)cc1. The van der Waals surface area contributed by atoms with Gasteiger partial charge >= 0.3 is 6.18 Å². The van der Waals surface area contributed by atoms with Crippen LogP contribution < -0.4 is 10.0 Å². The minimum absolute atomic E-state index is 0.00349. The van der Waals surface area contributed by atoms with Gasteiger partial charge in [-0.25, -0.2) is 13.1 Å². The third kappa shape index (κ3) is 6.78. The molecule has 2 aromatic rings. The van der Waals surface area contributed by atoms with Crippen LogP contribution in [0.5, 0.6) is 0 Å². The van der Waals surface area contributed by atoms with Crippen LogP contribution in [0, 0.1) is 5.92 Å². The van der Waals surface area contributed by atoms with Crippen molar-refractivity contribution in [3.8, 4) is 0 Å². The van der Waals surface area contributed by atoms with Gasteiger partial charge in [-0.2, -0.15) is 13.2 Å². The molecule has 1 aliphatic rings. The maximum absolute atomic E-state index is 12.9. The van der Waals surface area contributed by atoms with Gasteiger partial charge in [0.1, 0.15) is 0 Å². The number of hydrogen-bond donors (Lipinski definition) is 2. The minimum Gasteiger partial charge on any atom is -0.352 e. The van der Waals surface area contributed by atoms with Crippen LogP contribution in [0.3, 0.4) is 0 Å². The Balaban J connectivity index is 1.53. The van der Waals surface area contributed by atoms with Gasteiger partial charge in [-0.1, -0.05) is 36.4 Å². The van der Waals surface area contributed by atoms with Gasteiger partial charge in [-0.3, -0.25) is 9.59 Å². The molecule has 1 atom stereocenters. The second-order valence-corrected chi connectivity index (χ2v) is 9.80. The first-order valence-electron chi connectivity index (χ1n) is 10.2. The molecule has 1 fully saturated rings. The zero-order valence-electron chi connectivity index (χ0n) is 17.9. The van der Waals surface area contributed by atoms with Crippen LogP contribution >= 0.6 is 0 Å². The van der Waals surface area contributed by atoms with Crippen LogP contribution in [0.2, 0.25) is 0 Å². The van der Waals surface area contributed by atoms with Gasteiger partial charge in [0.05, 0.1) is 17.2 Å². The number of alkyl halides is 3. The predicted molar refractivity (Wildman–Crippen MR) is 115 cm³/mol. The van der Waals surface area contributed by atoms with Crippen molar-refractivity contribution in [2.75, 3.05) is 13.6 Å². The van der Waals surface area contributed by atoms with E-state index in [2.05, 4.69) is 10.0 Å². The van der Waals surface area contributed by atoms with E-state index in [1.165, 1.54) is 24.1 Å². The molecule has 0 saturated carbocycles. The molecule has 1 unspecified atom stereocenters. The Labute approximate surface area is 190 Å². The van der Waals surface area contributed by atoms with Crippen molar-refractivity contribution in [3.05, 3.63) is 70.8 Å². The van der Waals surface area contributed by atoms with Crippen molar-refractivity contribution in [1.82, 2.24) is 14.9 Å². The van der Waals surface area contributed by atoms with Crippen molar-refractivity contribution in [2.45, 2.75) is 31.4 Å². The average Bonchev–Trinajstić information content (AvgIpc) is 3.12. The van der Waals surface area contributed by atoms with E-state index in [9.17, 15) is 31.2 Å². The summed E-state index contributed by atoms with van der Waals surface area (Å²) in [5, 5.41) is 2.76. The Morgan fingerprint density at radius 3 is 2.39 bits per heavy atom. The molecular formula is C22H24F3N3O4S. The monoisotopic (exact) mass is 483 g/mol. The molecular weight excluding hydrogens is 459 g/mol. The zero-order chi connectivity index (χ0) is 24.2.